The van der Waals surface area contributed by atoms with Crippen molar-refractivity contribution in [3.8, 4) is 0 Å². The van der Waals surface area contributed by atoms with Crippen LogP contribution < -0.4 is 5.32 Å². The van der Waals surface area contributed by atoms with E-state index in [0.717, 1.165) is 11.1 Å². The van der Waals surface area contributed by atoms with Gasteiger partial charge in [-0.2, -0.15) is 13.2 Å². The molecule has 2 rings (SSSR count). The van der Waals surface area contributed by atoms with Crippen molar-refractivity contribution < 1.29 is 13.2 Å². The zero-order valence-electron chi connectivity index (χ0n) is 11.0. The van der Waals surface area contributed by atoms with Gasteiger partial charge in [-0.05, 0) is 30.7 Å². The smallest absolute Gasteiger partial charge is 0.306 e. The van der Waals surface area contributed by atoms with Crippen LogP contribution in [0, 0.1) is 6.92 Å². The van der Waals surface area contributed by atoms with E-state index < -0.39 is 11.2 Å². The van der Waals surface area contributed by atoms with Crippen LogP contribution in [0.25, 0.3) is 0 Å². The fraction of sp³-hybridized carbons (Fsp3) is 0.385. The highest BCUT2D eigenvalue weighted by molar-refractivity contribution is 7.11. The first-order valence-corrected chi connectivity index (χ1v) is 6.92. The van der Waals surface area contributed by atoms with Crippen LogP contribution in [0.1, 0.15) is 34.0 Å². The molecule has 7 heteroatoms. The average molecular weight is 301 g/mol. The van der Waals surface area contributed by atoms with E-state index in [0.29, 0.717) is 22.8 Å². The summed E-state index contributed by atoms with van der Waals surface area (Å²) in [7, 11) is 0. The third-order valence-electron chi connectivity index (χ3n) is 2.83. The van der Waals surface area contributed by atoms with E-state index in [1.807, 2.05) is 19.9 Å². The number of hydrogen-bond acceptors (Lipinski definition) is 4. The van der Waals surface area contributed by atoms with E-state index in [4.69, 9.17) is 0 Å². The molecule has 2 aromatic heterocycles. The highest BCUT2D eigenvalue weighted by Gasteiger charge is 2.35. The summed E-state index contributed by atoms with van der Waals surface area (Å²) in [6.45, 7) is 4.44. The lowest BCUT2D eigenvalue weighted by Crippen LogP contribution is -2.22. The summed E-state index contributed by atoms with van der Waals surface area (Å²) < 4.78 is 37.9. The van der Waals surface area contributed by atoms with Crippen LogP contribution in [0.3, 0.4) is 0 Å². The molecule has 0 radical (unpaired) electrons. The van der Waals surface area contributed by atoms with Gasteiger partial charge in [0.05, 0.1) is 6.04 Å². The quantitative estimate of drug-likeness (QED) is 0.938. The molecule has 1 atom stereocenters. The van der Waals surface area contributed by atoms with Crippen molar-refractivity contribution >= 4 is 11.3 Å². The molecule has 0 aliphatic carbocycles. The summed E-state index contributed by atoms with van der Waals surface area (Å²) in [5, 5.41) is 2.38. The van der Waals surface area contributed by atoms with Gasteiger partial charge in [-0.1, -0.05) is 6.92 Å². The SMILES string of the molecule is CCNC(c1cnc(C(F)(F)F)s1)c1ccncc1C. The molecule has 1 unspecified atom stereocenters. The van der Waals surface area contributed by atoms with Gasteiger partial charge in [-0.3, -0.25) is 4.98 Å². The summed E-state index contributed by atoms with van der Waals surface area (Å²) in [6, 6.07) is 1.52. The third-order valence-corrected chi connectivity index (χ3v) is 3.94. The average Bonchev–Trinajstić information content (AvgIpc) is 2.86. The predicted octanol–water partition coefficient (Wildman–Crippen LogP) is 3.56. The lowest BCUT2D eigenvalue weighted by molar-refractivity contribution is -0.137. The summed E-state index contributed by atoms with van der Waals surface area (Å²) in [6.07, 6.45) is 0.234. The first-order valence-electron chi connectivity index (χ1n) is 6.10. The number of aromatic nitrogens is 2. The summed E-state index contributed by atoms with van der Waals surface area (Å²) >= 11 is 0.672. The van der Waals surface area contributed by atoms with Crippen molar-refractivity contribution in [2.24, 2.45) is 0 Å². The van der Waals surface area contributed by atoms with Gasteiger partial charge >= 0.3 is 6.18 Å². The topological polar surface area (TPSA) is 37.8 Å². The molecule has 0 saturated carbocycles. The van der Waals surface area contributed by atoms with Gasteiger partial charge in [0.15, 0.2) is 5.01 Å². The Labute approximate surface area is 118 Å². The molecule has 0 bridgehead atoms. The number of halogens is 3. The van der Waals surface area contributed by atoms with Gasteiger partial charge in [0.2, 0.25) is 0 Å². The highest BCUT2D eigenvalue weighted by Crippen LogP contribution is 2.36. The minimum absolute atomic E-state index is 0.295. The molecule has 2 aromatic rings. The van der Waals surface area contributed by atoms with Crippen LogP contribution in [0.2, 0.25) is 0 Å². The summed E-state index contributed by atoms with van der Waals surface area (Å²) in [4.78, 5) is 8.04. The molecule has 1 N–H and O–H groups in total. The summed E-state index contributed by atoms with van der Waals surface area (Å²) in [5.41, 5.74) is 1.85. The number of thiazole rings is 1. The van der Waals surface area contributed by atoms with E-state index in [1.165, 1.54) is 6.20 Å². The zero-order valence-corrected chi connectivity index (χ0v) is 11.8. The molecule has 0 saturated heterocycles. The van der Waals surface area contributed by atoms with E-state index in [1.54, 1.807) is 12.4 Å². The zero-order chi connectivity index (χ0) is 14.8. The Hall–Kier alpha value is -1.47. The van der Waals surface area contributed by atoms with Crippen molar-refractivity contribution in [1.82, 2.24) is 15.3 Å². The number of nitrogens with zero attached hydrogens (tertiary/aromatic N) is 2. The normalized spacial score (nSPS) is 13.4. The van der Waals surface area contributed by atoms with Crippen molar-refractivity contribution in [1.29, 1.82) is 0 Å². The highest BCUT2D eigenvalue weighted by atomic mass is 32.1. The number of nitrogens with one attached hydrogen (secondary N) is 1. The van der Waals surface area contributed by atoms with Crippen LogP contribution in [0.5, 0.6) is 0 Å². The maximum Gasteiger partial charge on any atom is 0.443 e. The minimum atomic E-state index is -4.40. The lowest BCUT2D eigenvalue weighted by atomic mass is 10.0. The molecule has 0 aliphatic rings. The Balaban J connectivity index is 2.39. The molecule has 0 amide bonds. The Kier molecular flexibility index (Phi) is 4.39. The molecule has 3 nitrogen and oxygen atoms in total. The maximum atomic E-state index is 12.6. The third kappa shape index (κ3) is 3.16. The predicted molar refractivity (Wildman–Crippen MR) is 71.6 cm³/mol. The number of alkyl halides is 3. The molecule has 108 valence electrons. The van der Waals surface area contributed by atoms with Gasteiger partial charge in [0, 0.05) is 23.5 Å². The second-order valence-corrected chi connectivity index (χ2v) is 5.35. The molecular weight excluding hydrogens is 287 g/mol. The number of rotatable bonds is 4. The van der Waals surface area contributed by atoms with E-state index in [2.05, 4.69) is 15.3 Å². The number of pyridine rings is 1. The van der Waals surface area contributed by atoms with Crippen LogP contribution in [-0.4, -0.2) is 16.5 Å². The minimum Gasteiger partial charge on any atom is -0.306 e. The molecule has 0 aromatic carbocycles. The lowest BCUT2D eigenvalue weighted by Gasteiger charge is -2.18. The Bertz CT molecular complexity index is 580. The number of aryl methyl sites for hydroxylation is 1. The molecular formula is C13H14F3N3S. The Morgan fingerprint density at radius 2 is 2.10 bits per heavy atom. The van der Waals surface area contributed by atoms with Crippen LogP contribution >= 0.6 is 11.3 Å². The van der Waals surface area contributed by atoms with Crippen LogP contribution in [-0.2, 0) is 6.18 Å². The second-order valence-electron chi connectivity index (χ2n) is 4.29. The Morgan fingerprint density at radius 3 is 2.65 bits per heavy atom. The second kappa shape index (κ2) is 5.88. The van der Waals surface area contributed by atoms with Gasteiger partial charge in [0.1, 0.15) is 0 Å². The molecule has 0 aliphatic heterocycles. The van der Waals surface area contributed by atoms with E-state index in [-0.39, 0.29) is 6.04 Å². The first-order chi connectivity index (χ1) is 9.43. The fourth-order valence-corrected chi connectivity index (χ4v) is 2.81. The van der Waals surface area contributed by atoms with Gasteiger partial charge < -0.3 is 5.32 Å². The van der Waals surface area contributed by atoms with E-state index >= 15 is 0 Å². The molecule has 20 heavy (non-hydrogen) atoms. The fourth-order valence-electron chi connectivity index (χ4n) is 1.93. The van der Waals surface area contributed by atoms with Crippen molar-refractivity contribution in [3.05, 3.63) is 45.7 Å². The van der Waals surface area contributed by atoms with Crippen molar-refractivity contribution in [2.45, 2.75) is 26.1 Å². The monoisotopic (exact) mass is 301 g/mol. The van der Waals surface area contributed by atoms with Crippen LogP contribution in [0.15, 0.2) is 24.7 Å². The van der Waals surface area contributed by atoms with Gasteiger partial charge in [0.25, 0.3) is 0 Å². The summed E-state index contributed by atoms with van der Waals surface area (Å²) in [5.74, 6) is 0. The molecule has 2 heterocycles. The maximum absolute atomic E-state index is 12.6. The largest absolute Gasteiger partial charge is 0.443 e. The van der Waals surface area contributed by atoms with Crippen molar-refractivity contribution in [3.63, 3.8) is 0 Å². The van der Waals surface area contributed by atoms with Crippen molar-refractivity contribution in [2.75, 3.05) is 6.54 Å². The standard InChI is InChI=1S/C13H14F3N3S/c1-3-18-11(9-4-5-17-6-8(9)2)10-7-19-12(20-10)13(14,15)16/h4-7,11,18H,3H2,1-2H3. The molecule has 0 fully saturated rings. The Morgan fingerprint density at radius 1 is 1.35 bits per heavy atom. The van der Waals surface area contributed by atoms with Crippen LogP contribution in [0.4, 0.5) is 13.2 Å². The van der Waals surface area contributed by atoms with Gasteiger partial charge in [-0.25, -0.2) is 4.98 Å². The first kappa shape index (κ1) is 14.9. The molecule has 0 spiro atoms. The number of hydrogen-bond donors (Lipinski definition) is 1. The van der Waals surface area contributed by atoms with Gasteiger partial charge in [-0.15, -0.1) is 11.3 Å². The van der Waals surface area contributed by atoms with E-state index in [9.17, 15) is 13.2 Å².